The maximum absolute atomic E-state index is 13.1. The minimum absolute atomic E-state index is 0.0660. The zero-order valence-corrected chi connectivity index (χ0v) is 24.2. The number of carbonyl (C=O) groups excluding carboxylic acids is 2. The van der Waals surface area contributed by atoms with Gasteiger partial charge < -0.3 is 14.5 Å². The Kier molecular flexibility index (Phi) is 10.1. The van der Waals surface area contributed by atoms with Gasteiger partial charge in [0, 0.05) is 44.9 Å². The summed E-state index contributed by atoms with van der Waals surface area (Å²) in [6.45, 7) is 10.8. The van der Waals surface area contributed by atoms with Gasteiger partial charge in [0.15, 0.2) is 9.84 Å². The van der Waals surface area contributed by atoms with Crippen molar-refractivity contribution < 1.29 is 22.7 Å². The molecule has 0 aromatic heterocycles. The van der Waals surface area contributed by atoms with Crippen LogP contribution in [0.5, 0.6) is 0 Å². The van der Waals surface area contributed by atoms with E-state index in [1.54, 1.807) is 24.3 Å². The van der Waals surface area contributed by atoms with Gasteiger partial charge in [0.1, 0.15) is 6.10 Å². The summed E-state index contributed by atoms with van der Waals surface area (Å²) in [6, 6.07) is 16.7. The molecular formula is C30H42N2O5S. The Bertz CT molecular complexity index is 1170. The van der Waals surface area contributed by atoms with E-state index in [0.717, 1.165) is 50.0 Å². The van der Waals surface area contributed by atoms with E-state index in [2.05, 4.69) is 4.90 Å². The second-order valence-corrected chi connectivity index (χ2v) is 13.2. The molecule has 0 aliphatic carbocycles. The number of sulfone groups is 1. The second-order valence-electron chi connectivity index (χ2n) is 11.2. The number of hydrogen-bond acceptors (Lipinski definition) is 6. The topological polar surface area (TPSA) is 84.0 Å². The van der Waals surface area contributed by atoms with Crippen molar-refractivity contribution in [2.45, 2.75) is 70.4 Å². The van der Waals surface area contributed by atoms with Gasteiger partial charge in [-0.1, -0.05) is 42.5 Å². The summed E-state index contributed by atoms with van der Waals surface area (Å²) in [5, 5.41) is 0. The van der Waals surface area contributed by atoms with Gasteiger partial charge >= 0.3 is 5.97 Å². The number of carbonyl (C=O) groups is 2. The molecule has 1 heterocycles. The summed E-state index contributed by atoms with van der Waals surface area (Å²) >= 11 is 0. The van der Waals surface area contributed by atoms with Crippen molar-refractivity contribution >= 4 is 21.7 Å². The quantitative estimate of drug-likeness (QED) is 0.406. The lowest BCUT2D eigenvalue weighted by Crippen LogP contribution is -2.48. The van der Waals surface area contributed by atoms with Gasteiger partial charge in [-0.15, -0.1) is 0 Å². The third kappa shape index (κ3) is 8.40. The fourth-order valence-electron chi connectivity index (χ4n) is 4.79. The lowest BCUT2D eigenvalue weighted by atomic mass is 9.96. The number of piperidine rings is 1. The molecule has 0 radical (unpaired) electrons. The van der Waals surface area contributed by atoms with Gasteiger partial charge in [-0.2, -0.15) is 0 Å². The summed E-state index contributed by atoms with van der Waals surface area (Å²) in [5.74, 6) is -0.135. The summed E-state index contributed by atoms with van der Waals surface area (Å²) < 4.78 is 29.3. The van der Waals surface area contributed by atoms with E-state index in [1.165, 1.54) is 6.26 Å². The zero-order valence-electron chi connectivity index (χ0n) is 23.4. The highest BCUT2D eigenvalue weighted by Gasteiger charge is 2.30. The van der Waals surface area contributed by atoms with Gasteiger partial charge in [0.2, 0.25) is 5.91 Å². The van der Waals surface area contributed by atoms with Crippen LogP contribution >= 0.6 is 0 Å². The first-order valence-electron chi connectivity index (χ1n) is 13.5. The highest BCUT2D eigenvalue weighted by atomic mass is 32.2. The maximum atomic E-state index is 13.1. The van der Waals surface area contributed by atoms with Crippen molar-refractivity contribution in [2.75, 3.05) is 32.4 Å². The summed E-state index contributed by atoms with van der Waals surface area (Å²) in [4.78, 5) is 30.3. The Balaban J connectivity index is 1.54. The predicted molar refractivity (Wildman–Crippen MR) is 149 cm³/mol. The first kappa shape index (κ1) is 29.8. The van der Waals surface area contributed by atoms with Crippen LogP contribution in [0.2, 0.25) is 0 Å². The molecule has 1 aliphatic heterocycles. The van der Waals surface area contributed by atoms with Crippen LogP contribution in [-0.2, 0) is 30.6 Å². The number of benzene rings is 2. The molecule has 1 saturated heterocycles. The Morgan fingerprint density at radius 2 is 1.63 bits per heavy atom. The van der Waals surface area contributed by atoms with Gasteiger partial charge in [-0.25, -0.2) is 8.42 Å². The highest BCUT2D eigenvalue weighted by Crippen LogP contribution is 2.27. The van der Waals surface area contributed by atoms with Crippen LogP contribution in [0.3, 0.4) is 0 Å². The molecule has 2 aromatic rings. The standard InChI is InChI=1S/C30H42N2O5S/c1-6-32(28(33)22-23-12-14-26(15-13-23)38(5,35)36)25-16-19-31(20-17-25)21-18-27(24-10-8-7-9-11-24)37-29(34)30(2,3)4/h7-15,25,27H,6,16-22H2,1-5H3. The Hall–Kier alpha value is -2.71. The molecule has 7 nitrogen and oxygen atoms in total. The molecule has 2 aromatic carbocycles. The van der Waals surface area contributed by atoms with Gasteiger partial charge in [-0.3, -0.25) is 9.59 Å². The number of amides is 1. The van der Waals surface area contributed by atoms with Crippen molar-refractivity contribution in [2.24, 2.45) is 5.41 Å². The van der Waals surface area contributed by atoms with Crippen molar-refractivity contribution in [1.29, 1.82) is 0 Å². The van der Waals surface area contributed by atoms with Crippen LogP contribution < -0.4 is 0 Å². The minimum atomic E-state index is -3.25. The first-order chi connectivity index (χ1) is 17.9. The van der Waals surface area contributed by atoms with Crippen molar-refractivity contribution in [3.63, 3.8) is 0 Å². The van der Waals surface area contributed by atoms with Gasteiger partial charge in [0.25, 0.3) is 0 Å². The number of esters is 1. The Morgan fingerprint density at radius 1 is 1.03 bits per heavy atom. The van der Waals surface area contributed by atoms with Crippen LogP contribution in [0.15, 0.2) is 59.5 Å². The maximum Gasteiger partial charge on any atom is 0.311 e. The normalized spacial score (nSPS) is 16.1. The minimum Gasteiger partial charge on any atom is -0.457 e. The molecule has 0 saturated carbocycles. The zero-order chi connectivity index (χ0) is 27.9. The van der Waals surface area contributed by atoms with E-state index < -0.39 is 15.3 Å². The number of nitrogens with zero attached hydrogens (tertiary/aromatic N) is 2. The number of likely N-dealkylation sites (tertiary alicyclic amines) is 1. The van der Waals surface area contributed by atoms with Gasteiger partial charge in [-0.05, 0) is 63.8 Å². The van der Waals surface area contributed by atoms with E-state index in [4.69, 9.17) is 4.74 Å². The molecule has 1 atom stereocenters. The average Bonchev–Trinajstić information content (AvgIpc) is 2.87. The van der Waals surface area contributed by atoms with Gasteiger partial charge in [0.05, 0.1) is 16.7 Å². The molecule has 208 valence electrons. The number of hydrogen-bond donors (Lipinski definition) is 0. The smallest absolute Gasteiger partial charge is 0.311 e. The lowest BCUT2D eigenvalue weighted by molar-refractivity contribution is -0.159. The highest BCUT2D eigenvalue weighted by molar-refractivity contribution is 7.90. The lowest BCUT2D eigenvalue weighted by Gasteiger charge is -2.38. The molecule has 0 N–H and O–H groups in total. The molecule has 1 fully saturated rings. The molecule has 8 heteroatoms. The van der Waals surface area contributed by atoms with Crippen LogP contribution in [0.25, 0.3) is 0 Å². The van der Waals surface area contributed by atoms with Crippen LogP contribution in [0.1, 0.15) is 64.2 Å². The van der Waals surface area contributed by atoms with E-state index in [0.29, 0.717) is 6.54 Å². The molecule has 38 heavy (non-hydrogen) atoms. The van der Waals surface area contributed by atoms with Crippen LogP contribution in [0, 0.1) is 5.41 Å². The second kappa shape index (κ2) is 12.9. The fraction of sp³-hybridized carbons (Fsp3) is 0.533. The van der Waals surface area contributed by atoms with Crippen molar-refractivity contribution in [3.8, 4) is 0 Å². The largest absolute Gasteiger partial charge is 0.457 e. The number of ether oxygens (including phenoxy) is 1. The summed E-state index contributed by atoms with van der Waals surface area (Å²) in [7, 11) is -3.25. The molecule has 1 amide bonds. The van der Waals surface area contributed by atoms with E-state index in [1.807, 2.05) is 62.9 Å². The SMILES string of the molecule is CCN(C(=O)Cc1ccc(S(C)(=O)=O)cc1)C1CCN(CCC(OC(=O)C(C)(C)C)c2ccccc2)CC1. The summed E-state index contributed by atoms with van der Waals surface area (Å²) in [5.41, 5.74) is 1.26. The predicted octanol–water partition coefficient (Wildman–Crippen LogP) is 4.67. The first-order valence-corrected chi connectivity index (χ1v) is 15.3. The van der Waals surface area contributed by atoms with Crippen molar-refractivity contribution in [3.05, 3.63) is 65.7 Å². The van der Waals surface area contributed by atoms with Crippen molar-refractivity contribution in [1.82, 2.24) is 9.80 Å². The average molecular weight is 543 g/mol. The third-order valence-corrected chi connectivity index (χ3v) is 8.23. The monoisotopic (exact) mass is 542 g/mol. The van der Waals surface area contributed by atoms with Crippen LogP contribution in [-0.4, -0.2) is 68.6 Å². The van der Waals surface area contributed by atoms with Crippen LogP contribution in [0.4, 0.5) is 0 Å². The molecule has 0 spiro atoms. The number of likely N-dealkylation sites (N-methyl/N-ethyl adjacent to an activating group) is 1. The number of rotatable bonds is 10. The summed E-state index contributed by atoms with van der Waals surface area (Å²) in [6.07, 6.45) is 3.66. The molecular weight excluding hydrogens is 500 g/mol. The fourth-order valence-corrected chi connectivity index (χ4v) is 5.42. The van der Waals surface area contributed by atoms with E-state index in [9.17, 15) is 18.0 Å². The third-order valence-electron chi connectivity index (χ3n) is 7.11. The Labute approximate surface area is 228 Å². The Morgan fingerprint density at radius 3 is 2.16 bits per heavy atom. The van der Waals surface area contributed by atoms with E-state index in [-0.39, 0.29) is 35.3 Å². The molecule has 1 aliphatic rings. The molecule has 0 bridgehead atoms. The van der Waals surface area contributed by atoms with E-state index >= 15 is 0 Å². The molecule has 3 rings (SSSR count). The molecule has 1 unspecified atom stereocenters.